The van der Waals surface area contributed by atoms with Gasteiger partial charge >= 0.3 is 0 Å². The first kappa shape index (κ1) is 17.7. The number of likely N-dealkylation sites (tertiary alicyclic amines) is 1. The predicted octanol–water partition coefficient (Wildman–Crippen LogP) is 2.98. The number of allylic oxidation sites excluding steroid dienone is 3. The van der Waals surface area contributed by atoms with Crippen molar-refractivity contribution in [1.29, 1.82) is 0 Å². The van der Waals surface area contributed by atoms with E-state index in [1.165, 1.54) is 12.3 Å². The van der Waals surface area contributed by atoms with Crippen LogP contribution in [0.25, 0.3) is 5.57 Å². The van der Waals surface area contributed by atoms with E-state index < -0.39 is 24.9 Å². The van der Waals surface area contributed by atoms with Gasteiger partial charge in [-0.05, 0) is 5.57 Å². The molecule has 7 heteroatoms. The first-order valence-corrected chi connectivity index (χ1v) is 8.08. The summed E-state index contributed by atoms with van der Waals surface area (Å²) in [6.07, 6.45) is 2.88. The number of ether oxygens (including phenoxy) is 1. The molecule has 1 N–H and O–H groups in total. The summed E-state index contributed by atoms with van der Waals surface area (Å²) in [5, 5.41) is 9.18. The van der Waals surface area contributed by atoms with Gasteiger partial charge in [0.25, 0.3) is 0 Å². The lowest BCUT2D eigenvalue weighted by molar-refractivity contribution is -0.0446. The van der Waals surface area contributed by atoms with Gasteiger partial charge in [-0.3, -0.25) is 0 Å². The Morgan fingerprint density at radius 1 is 1.28 bits per heavy atom. The lowest BCUT2D eigenvalue weighted by Gasteiger charge is -2.40. The Kier molecular flexibility index (Phi) is 5.55. The fraction of sp³-hybridized carbons (Fsp3) is 0.389. The molecule has 3 rings (SSSR count). The fourth-order valence-electron chi connectivity index (χ4n) is 2.83. The third-order valence-electron chi connectivity index (χ3n) is 4.21. The molecule has 2 aliphatic rings. The van der Waals surface area contributed by atoms with Crippen LogP contribution in [0.4, 0.5) is 13.2 Å². The molecule has 0 unspecified atom stereocenters. The average molecular weight is 352 g/mol. The molecule has 1 saturated heterocycles. The van der Waals surface area contributed by atoms with Gasteiger partial charge in [0.2, 0.25) is 0 Å². The number of rotatable bonds is 6. The first-order chi connectivity index (χ1) is 12.1. The number of hydrogen-bond acceptors (Lipinski definition) is 4. The van der Waals surface area contributed by atoms with Crippen molar-refractivity contribution in [2.75, 3.05) is 26.4 Å². The van der Waals surface area contributed by atoms with Crippen molar-refractivity contribution >= 4 is 11.8 Å². The molecule has 0 atom stereocenters. The molecule has 2 aliphatic heterocycles. The molecular weight excluding hydrogens is 333 g/mol. The van der Waals surface area contributed by atoms with E-state index in [2.05, 4.69) is 4.99 Å². The molecule has 0 aromatic heterocycles. The van der Waals surface area contributed by atoms with Crippen LogP contribution in [0.2, 0.25) is 0 Å². The van der Waals surface area contributed by atoms with Crippen molar-refractivity contribution in [3.8, 4) is 0 Å². The van der Waals surface area contributed by atoms with Gasteiger partial charge in [0.1, 0.15) is 18.3 Å². The maximum Gasteiger partial charge on any atom is 0.160 e. The van der Waals surface area contributed by atoms with E-state index in [-0.39, 0.29) is 36.1 Å². The predicted molar refractivity (Wildman–Crippen MR) is 88.8 cm³/mol. The lowest BCUT2D eigenvalue weighted by Crippen LogP contribution is -2.51. The van der Waals surface area contributed by atoms with Crippen LogP contribution in [0.1, 0.15) is 17.5 Å². The monoisotopic (exact) mass is 352 g/mol. The number of benzene rings is 1. The average Bonchev–Trinajstić information content (AvgIpc) is 2.76. The zero-order valence-corrected chi connectivity index (χ0v) is 13.6. The van der Waals surface area contributed by atoms with Crippen LogP contribution >= 0.6 is 0 Å². The zero-order chi connectivity index (χ0) is 17.8. The quantitative estimate of drug-likeness (QED) is 0.856. The van der Waals surface area contributed by atoms with Crippen molar-refractivity contribution in [3.63, 3.8) is 0 Å². The largest absolute Gasteiger partial charge is 0.392 e. The van der Waals surface area contributed by atoms with Gasteiger partial charge in [0, 0.05) is 36.9 Å². The number of aliphatic hydroxyl groups excluding tert-OH is 1. The Morgan fingerprint density at radius 3 is 2.80 bits per heavy atom. The smallest absolute Gasteiger partial charge is 0.160 e. The lowest BCUT2D eigenvalue weighted by atomic mass is 10.0. The molecule has 0 aliphatic carbocycles. The molecule has 4 nitrogen and oxygen atoms in total. The van der Waals surface area contributed by atoms with Gasteiger partial charge in [-0.2, -0.15) is 0 Å². The summed E-state index contributed by atoms with van der Waals surface area (Å²) in [6, 6.07) is 4.70. The van der Waals surface area contributed by atoms with Gasteiger partial charge in [-0.15, -0.1) is 0 Å². The summed E-state index contributed by atoms with van der Waals surface area (Å²) in [4.78, 5) is 5.89. The molecule has 1 fully saturated rings. The molecule has 1 aromatic rings. The zero-order valence-electron chi connectivity index (χ0n) is 13.6. The molecule has 0 spiro atoms. The maximum absolute atomic E-state index is 14.4. The Morgan fingerprint density at radius 2 is 2.08 bits per heavy atom. The molecule has 0 radical (unpaired) electrons. The molecule has 0 amide bonds. The highest BCUT2D eigenvalue weighted by atomic mass is 19.1. The van der Waals surface area contributed by atoms with E-state index in [0.717, 1.165) is 0 Å². The Hall–Kier alpha value is -2.12. The van der Waals surface area contributed by atoms with E-state index >= 15 is 0 Å². The van der Waals surface area contributed by atoms with Gasteiger partial charge in [-0.25, -0.2) is 18.2 Å². The summed E-state index contributed by atoms with van der Waals surface area (Å²) >= 11 is 0. The van der Waals surface area contributed by atoms with E-state index in [9.17, 15) is 18.3 Å². The van der Waals surface area contributed by atoms with Crippen molar-refractivity contribution in [3.05, 3.63) is 52.9 Å². The molecular formula is C18H19F3N2O2. The van der Waals surface area contributed by atoms with Crippen molar-refractivity contribution < 1.29 is 23.0 Å². The van der Waals surface area contributed by atoms with Gasteiger partial charge in [0.15, 0.2) is 5.82 Å². The number of halogens is 3. The molecule has 0 saturated carbocycles. The van der Waals surface area contributed by atoms with Crippen LogP contribution in [0.5, 0.6) is 0 Å². The Balaban J connectivity index is 1.73. The summed E-state index contributed by atoms with van der Waals surface area (Å²) < 4.78 is 46.0. The summed E-state index contributed by atoms with van der Waals surface area (Å²) in [6.45, 7) is -0.0173. The topological polar surface area (TPSA) is 45.1 Å². The summed E-state index contributed by atoms with van der Waals surface area (Å²) in [7, 11) is 0. The number of aliphatic hydroxyl groups is 1. The number of alkyl halides is 1. The number of nitrogens with zero attached hydrogens (tertiary/aromatic N) is 2. The van der Waals surface area contributed by atoms with Crippen LogP contribution in [0.3, 0.4) is 0 Å². The third-order valence-corrected chi connectivity index (χ3v) is 4.21. The van der Waals surface area contributed by atoms with Crippen LogP contribution in [-0.4, -0.2) is 48.7 Å². The SMILES string of the molecule is OCc1cccc(C2=CCC(F)=C(N3CC(OCCF)C3)N=C2)c1F. The van der Waals surface area contributed by atoms with E-state index in [1.54, 1.807) is 23.1 Å². The van der Waals surface area contributed by atoms with Gasteiger partial charge in [0.05, 0.1) is 19.3 Å². The van der Waals surface area contributed by atoms with Gasteiger partial charge in [-0.1, -0.05) is 24.3 Å². The normalized spacial score (nSPS) is 18.2. The van der Waals surface area contributed by atoms with Crippen molar-refractivity contribution in [1.82, 2.24) is 4.90 Å². The first-order valence-electron chi connectivity index (χ1n) is 8.08. The fourth-order valence-corrected chi connectivity index (χ4v) is 2.83. The molecule has 0 bridgehead atoms. The van der Waals surface area contributed by atoms with Crippen molar-refractivity contribution in [2.24, 2.45) is 4.99 Å². The molecule has 25 heavy (non-hydrogen) atoms. The van der Waals surface area contributed by atoms with Crippen LogP contribution < -0.4 is 0 Å². The minimum atomic E-state index is -0.544. The summed E-state index contributed by atoms with van der Waals surface area (Å²) in [5.74, 6) is -0.742. The van der Waals surface area contributed by atoms with E-state index in [1.807, 2.05) is 0 Å². The number of hydrogen-bond donors (Lipinski definition) is 1. The summed E-state index contributed by atoms with van der Waals surface area (Å²) in [5.41, 5.74) is 0.918. The minimum Gasteiger partial charge on any atom is -0.392 e. The highest BCUT2D eigenvalue weighted by Crippen LogP contribution is 2.29. The van der Waals surface area contributed by atoms with E-state index in [4.69, 9.17) is 4.74 Å². The standard InChI is InChI=1S/C18H19F3N2O2/c19-6-7-25-14-9-23(10-14)18-16(20)5-4-12(8-22-18)15-3-1-2-13(11-24)17(15)21/h1-4,8,14,24H,5-7,9-11H2. The van der Waals surface area contributed by atoms with Crippen LogP contribution in [0, 0.1) is 5.82 Å². The molecule has 134 valence electrons. The van der Waals surface area contributed by atoms with Crippen LogP contribution in [-0.2, 0) is 11.3 Å². The number of aliphatic imine (C=N–C) groups is 1. The third kappa shape index (κ3) is 3.77. The van der Waals surface area contributed by atoms with Crippen molar-refractivity contribution in [2.45, 2.75) is 19.1 Å². The second-order valence-corrected chi connectivity index (χ2v) is 5.87. The molecule has 1 aromatic carbocycles. The van der Waals surface area contributed by atoms with Crippen LogP contribution in [0.15, 0.2) is 40.9 Å². The minimum absolute atomic E-state index is 0.0000366. The highest BCUT2D eigenvalue weighted by Gasteiger charge is 2.31. The second-order valence-electron chi connectivity index (χ2n) is 5.87. The van der Waals surface area contributed by atoms with Gasteiger partial charge < -0.3 is 14.7 Å². The highest BCUT2D eigenvalue weighted by molar-refractivity contribution is 6.10. The van der Waals surface area contributed by atoms with E-state index in [0.29, 0.717) is 18.7 Å². The Bertz CT molecular complexity index is 725. The Labute approximate surface area is 143 Å². The molecule has 2 heterocycles. The maximum atomic E-state index is 14.4. The second kappa shape index (κ2) is 7.84.